The summed E-state index contributed by atoms with van der Waals surface area (Å²) in [6.45, 7) is 1.14. The molecule has 0 aliphatic carbocycles. The summed E-state index contributed by atoms with van der Waals surface area (Å²) in [5.74, 6) is -0.642. The van der Waals surface area contributed by atoms with Crippen LogP contribution < -0.4 is 5.32 Å². The number of aromatic hydroxyl groups is 1. The Morgan fingerprint density at radius 2 is 2.42 bits per heavy atom. The number of carbonyl (C=O) groups is 1. The number of anilines is 1. The topological polar surface area (TPSA) is 89.3 Å². The summed E-state index contributed by atoms with van der Waals surface area (Å²) in [5, 5.41) is 16.2. The Morgan fingerprint density at radius 1 is 1.58 bits per heavy atom. The predicted molar refractivity (Wildman–Crippen MR) is 68.0 cm³/mol. The van der Waals surface area contributed by atoms with E-state index in [0.717, 1.165) is 0 Å². The zero-order chi connectivity index (χ0) is 13.7. The highest BCUT2D eigenvalue weighted by atomic mass is 16.5. The van der Waals surface area contributed by atoms with E-state index in [4.69, 9.17) is 4.74 Å². The number of nitrogens with zero attached hydrogens (tertiary/aromatic N) is 3. The van der Waals surface area contributed by atoms with Gasteiger partial charge in [0, 0.05) is 19.5 Å². The smallest absolute Gasteiger partial charge is 0.278 e. The first-order valence-corrected chi connectivity index (χ1v) is 5.67. The molecule has 100 valence electrons. The molecule has 0 aliphatic heterocycles. The van der Waals surface area contributed by atoms with Gasteiger partial charge in [-0.1, -0.05) is 0 Å². The largest absolute Gasteiger partial charge is 0.505 e. The molecule has 0 bridgehead atoms. The molecule has 0 fully saturated rings. The number of nitrogens with one attached hydrogen (secondary N) is 1. The molecule has 2 N–H and O–H groups in total. The second-order valence-corrected chi connectivity index (χ2v) is 3.81. The van der Waals surface area contributed by atoms with Crippen molar-refractivity contribution < 1.29 is 14.6 Å². The van der Waals surface area contributed by atoms with E-state index in [1.807, 2.05) is 0 Å². The van der Waals surface area contributed by atoms with E-state index in [0.29, 0.717) is 18.8 Å². The van der Waals surface area contributed by atoms with Crippen molar-refractivity contribution in [3.05, 3.63) is 36.4 Å². The number of ether oxygens (including phenoxy) is 1. The highest BCUT2D eigenvalue weighted by molar-refractivity contribution is 6.04. The third kappa shape index (κ3) is 3.29. The highest BCUT2D eigenvalue weighted by Crippen LogP contribution is 2.14. The zero-order valence-corrected chi connectivity index (χ0v) is 10.4. The molecule has 0 unspecified atom stereocenters. The number of methoxy groups -OCH3 is 1. The monoisotopic (exact) mass is 262 g/mol. The van der Waals surface area contributed by atoms with E-state index < -0.39 is 5.91 Å². The van der Waals surface area contributed by atoms with E-state index in [2.05, 4.69) is 15.4 Å². The maximum absolute atomic E-state index is 11.9. The number of carbonyl (C=O) groups excluding carboxylic acids is 1. The summed E-state index contributed by atoms with van der Waals surface area (Å²) in [4.78, 5) is 15.7. The average molecular weight is 262 g/mol. The fraction of sp³-hybridized carbons (Fsp3) is 0.250. The van der Waals surface area contributed by atoms with Crippen LogP contribution in [0.2, 0.25) is 0 Å². The second-order valence-electron chi connectivity index (χ2n) is 3.81. The lowest BCUT2D eigenvalue weighted by atomic mass is 10.3. The van der Waals surface area contributed by atoms with E-state index in [1.165, 1.54) is 18.5 Å². The van der Waals surface area contributed by atoms with Crippen LogP contribution in [0.3, 0.4) is 0 Å². The molecule has 0 aliphatic rings. The summed E-state index contributed by atoms with van der Waals surface area (Å²) in [6, 6.07) is 2.96. The van der Waals surface area contributed by atoms with Crippen LogP contribution in [0.15, 0.2) is 30.7 Å². The number of aromatic nitrogens is 3. The van der Waals surface area contributed by atoms with Gasteiger partial charge in [-0.05, 0) is 12.1 Å². The molecule has 0 aromatic carbocycles. The second kappa shape index (κ2) is 5.96. The first-order valence-electron chi connectivity index (χ1n) is 5.67. The van der Waals surface area contributed by atoms with Crippen LogP contribution in [0.25, 0.3) is 0 Å². The maximum atomic E-state index is 11.9. The van der Waals surface area contributed by atoms with Crippen LogP contribution in [-0.2, 0) is 11.3 Å². The molecule has 0 spiro atoms. The van der Waals surface area contributed by atoms with E-state index in [-0.39, 0.29) is 11.4 Å². The molecule has 0 radical (unpaired) electrons. The summed E-state index contributed by atoms with van der Waals surface area (Å²) in [5.41, 5.74) is 0.512. The minimum atomic E-state index is -0.482. The number of pyridine rings is 1. The summed E-state index contributed by atoms with van der Waals surface area (Å²) >= 11 is 0. The number of hydrogen-bond acceptors (Lipinski definition) is 5. The van der Waals surface area contributed by atoms with Crippen LogP contribution in [0, 0.1) is 0 Å². The van der Waals surface area contributed by atoms with Crippen molar-refractivity contribution in [2.24, 2.45) is 0 Å². The van der Waals surface area contributed by atoms with Gasteiger partial charge in [0.05, 0.1) is 25.0 Å². The van der Waals surface area contributed by atoms with Crippen molar-refractivity contribution in [2.75, 3.05) is 19.0 Å². The van der Waals surface area contributed by atoms with Gasteiger partial charge >= 0.3 is 0 Å². The molecule has 2 rings (SSSR count). The lowest BCUT2D eigenvalue weighted by Crippen LogP contribution is -2.13. The normalized spacial score (nSPS) is 10.4. The molecule has 2 heterocycles. The summed E-state index contributed by atoms with van der Waals surface area (Å²) in [6.07, 6.45) is 4.64. The van der Waals surface area contributed by atoms with Crippen molar-refractivity contribution in [3.8, 4) is 5.75 Å². The van der Waals surface area contributed by atoms with Crippen molar-refractivity contribution >= 4 is 11.6 Å². The lowest BCUT2D eigenvalue weighted by molar-refractivity contribution is 0.101. The van der Waals surface area contributed by atoms with Gasteiger partial charge in [0.15, 0.2) is 5.69 Å². The van der Waals surface area contributed by atoms with Gasteiger partial charge < -0.3 is 15.2 Å². The number of hydrogen-bond donors (Lipinski definition) is 2. The zero-order valence-electron chi connectivity index (χ0n) is 10.4. The van der Waals surface area contributed by atoms with Crippen LogP contribution in [-0.4, -0.2) is 39.5 Å². The Balaban J connectivity index is 2.03. The van der Waals surface area contributed by atoms with Crippen LogP contribution in [0.5, 0.6) is 5.75 Å². The molecule has 19 heavy (non-hydrogen) atoms. The Bertz CT molecular complexity index is 568. The molecule has 2 aromatic heterocycles. The van der Waals surface area contributed by atoms with Gasteiger partial charge in [0.25, 0.3) is 5.91 Å². The maximum Gasteiger partial charge on any atom is 0.278 e. The fourth-order valence-corrected chi connectivity index (χ4v) is 1.50. The minimum absolute atomic E-state index is 0.0212. The van der Waals surface area contributed by atoms with Crippen molar-refractivity contribution in [3.63, 3.8) is 0 Å². The van der Waals surface area contributed by atoms with Gasteiger partial charge in [-0.2, -0.15) is 5.10 Å². The molecule has 0 saturated heterocycles. The van der Waals surface area contributed by atoms with E-state index >= 15 is 0 Å². The number of rotatable bonds is 5. The quantitative estimate of drug-likeness (QED) is 0.835. The molecule has 1 amide bonds. The van der Waals surface area contributed by atoms with Gasteiger partial charge in [-0.25, -0.2) is 4.98 Å². The molecule has 7 heteroatoms. The van der Waals surface area contributed by atoms with Crippen molar-refractivity contribution in [1.82, 2.24) is 14.8 Å². The van der Waals surface area contributed by atoms with E-state index in [1.54, 1.807) is 24.1 Å². The molecule has 0 atom stereocenters. The van der Waals surface area contributed by atoms with Gasteiger partial charge in [-0.15, -0.1) is 0 Å². The Labute approximate surface area is 109 Å². The first kappa shape index (κ1) is 13.0. The molecular weight excluding hydrogens is 248 g/mol. The van der Waals surface area contributed by atoms with Crippen LogP contribution >= 0.6 is 0 Å². The predicted octanol–water partition coefficient (Wildman–Crippen LogP) is 0.882. The number of amides is 1. The Kier molecular flexibility index (Phi) is 4.09. The highest BCUT2D eigenvalue weighted by Gasteiger charge is 2.12. The minimum Gasteiger partial charge on any atom is -0.505 e. The first-order chi connectivity index (χ1) is 9.20. The van der Waals surface area contributed by atoms with Gasteiger partial charge in [0.2, 0.25) is 0 Å². The SMILES string of the molecule is COCCn1cc(NC(=O)c2ncccc2O)cn1. The molecule has 2 aromatic rings. The third-order valence-electron chi connectivity index (χ3n) is 2.42. The Hall–Kier alpha value is -2.41. The van der Waals surface area contributed by atoms with Crippen LogP contribution in [0.4, 0.5) is 5.69 Å². The summed E-state index contributed by atoms with van der Waals surface area (Å²) in [7, 11) is 1.61. The Morgan fingerprint density at radius 3 is 3.16 bits per heavy atom. The van der Waals surface area contributed by atoms with Crippen molar-refractivity contribution in [1.29, 1.82) is 0 Å². The van der Waals surface area contributed by atoms with Crippen LogP contribution in [0.1, 0.15) is 10.5 Å². The molecule has 0 saturated carbocycles. The van der Waals surface area contributed by atoms with Gasteiger partial charge in [-0.3, -0.25) is 9.48 Å². The molecular formula is C12H14N4O3. The average Bonchev–Trinajstić information content (AvgIpc) is 2.84. The standard InChI is InChI=1S/C12H14N4O3/c1-19-6-5-16-8-9(7-14-16)15-12(18)11-10(17)3-2-4-13-11/h2-4,7-8,17H,5-6H2,1H3,(H,15,18). The lowest BCUT2D eigenvalue weighted by Gasteiger charge is -2.03. The van der Waals surface area contributed by atoms with E-state index in [9.17, 15) is 9.90 Å². The fourth-order valence-electron chi connectivity index (χ4n) is 1.50. The third-order valence-corrected chi connectivity index (χ3v) is 2.42. The van der Waals surface area contributed by atoms with Gasteiger partial charge in [0.1, 0.15) is 5.75 Å². The van der Waals surface area contributed by atoms with Crippen molar-refractivity contribution in [2.45, 2.75) is 6.54 Å². The molecule has 7 nitrogen and oxygen atoms in total. The summed E-state index contributed by atoms with van der Waals surface area (Å²) < 4.78 is 6.58.